The van der Waals surface area contributed by atoms with Crippen LogP contribution in [0, 0.1) is 0 Å². The highest BCUT2D eigenvalue weighted by Crippen LogP contribution is 2.17. The van der Waals surface area contributed by atoms with Crippen LogP contribution in [-0.2, 0) is 0 Å². The van der Waals surface area contributed by atoms with Crippen LogP contribution in [-0.4, -0.2) is 21.7 Å². The molecule has 0 aromatic carbocycles. The number of hydrogen-bond donors (Lipinski definition) is 2. The minimum atomic E-state index is 0.218. The highest BCUT2D eigenvalue weighted by Gasteiger charge is 2.13. The van der Waals surface area contributed by atoms with E-state index in [9.17, 15) is 0 Å². The summed E-state index contributed by atoms with van der Waals surface area (Å²) < 4.78 is 0. The Morgan fingerprint density at radius 1 is 1.64 bits per heavy atom. The van der Waals surface area contributed by atoms with Gasteiger partial charge in [0.15, 0.2) is 0 Å². The maximum absolute atomic E-state index is 4.15. The van der Waals surface area contributed by atoms with Crippen LogP contribution >= 0.6 is 0 Å². The van der Waals surface area contributed by atoms with Gasteiger partial charge in [-0.1, -0.05) is 26.0 Å². The van der Waals surface area contributed by atoms with Crippen LogP contribution in [0.25, 0.3) is 0 Å². The van der Waals surface area contributed by atoms with Crippen LogP contribution in [0.2, 0.25) is 0 Å². The Morgan fingerprint density at radius 2 is 2.43 bits per heavy atom. The summed E-state index contributed by atoms with van der Waals surface area (Å²) in [4.78, 5) is 4.15. The van der Waals surface area contributed by atoms with Gasteiger partial charge in [-0.25, -0.2) is 4.98 Å². The van der Waals surface area contributed by atoms with Gasteiger partial charge in [0.25, 0.3) is 0 Å². The van der Waals surface area contributed by atoms with E-state index in [-0.39, 0.29) is 6.04 Å². The van der Waals surface area contributed by atoms with E-state index in [1.165, 1.54) is 11.9 Å². The molecular weight excluding hydrogens is 176 g/mol. The minimum Gasteiger partial charge on any atom is -0.307 e. The third-order valence-electron chi connectivity index (χ3n) is 2.21. The molecule has 4 heteroatoms. The maximum Gasteiger partial charge on any atom is 0.141 e. The molecule has 4 nitrogen and oxygen atoms in total. The predicted octanol–water partition coefficient (Wildman–Crippen LogP) is 1.81. The van der Waals surface area contributed by atoms with Gasteiger partial charge in [0.2, 0.25) is 0 Å². The Labute approximate surface area is 84.8 Å². The number of hydrogen-bond acceptors (Lipinski definition) is 3. The Bertz CT molecular complexity index is 266. The van der Waals surface area contributed by atoms with E-state index >= 15 is 0 Å². The lowest BCUT2D eigenvalue weighted by atomic mass is 10.1. The topological polar surface area (TPSA) is 53.6 Å². The number of nitrogens with one attached hydrogen (secondary N) is 2. The predicted molar refractivity (Wildman–Crippen MR) is 56.8 cm³/mol. The monoisotopic (exact) mass is 194 g/mol. The molecule has 0 aliphatic rings. The van der Waals surface area contributed by atoms with E-state index in [4.69, 9.17) is 0 Å². The molecule has 1 unspecified atom stereocenters. The quantitative estimate of drug-likeness (QED) is 0.679. The van der Waals surface area contributed by atoms with Crippen molar-refractivity contribution in [1.29, 1.82) is 0 Å². The van der Waals surface area contributed by atoms with Gasteiger partial charge in [0.05, 0.1) is 6.04 Å². The molecule has 1 heterocycles. The minimum absolute atomic E-state index is 0.218. The van der Waals surface area contributed by atoms with Crippen molar-refractivity contribution in [3.63, 3.8) is 0 Å². The lowest BCUT2D eigenvalue weighted by Gasteiger charge is -2.15. The Morgan fingerprint density at radius 3 is 2.93 bits per heavy atom. The molecule has 0 aliphatic carbocycles. The molecule has 0 spiro atoms. The summed E-state index contributed by atoms with van der Waals surface area (Å²) in [5.74, 6) is 0.890. The fourth-order valence-corrected chi connectivity index (χ4v) is 1.33. The molecule has 0 saturated heterocycles. The van der Waals surface area contributed by atoms with Crippen molar-refractivity contribution in [2.45, 2.75) is 32.7 Å². The molecule has 0 amide bonds. The van der Waals surface area contributed by atoms with Crippen LogP contribution < -0.4 is 5.32 Å². The first-order valence-corrected chi connectivity index (χ1v) is 5.03. The van der Waals surface area contributed by atoms with Gasteiger partial charge in [-0.2, -0.15) is 5.10 Å². The first kappa shape index (κ1) is 10.9. The molecule has 0 radical (unpaired) electrons. The van der Waals surface area contributed by atoms with Crippen molar-refractivity contribution in [3.8, 4) is 0 Å². The lowest BCUT2D eigenvalue weighted by molar-refractivity contribution is 0.517. The van der Waals surface area contributed by atoms with Gasteiger partial charge >= 0.3 is 0 Å². The Kier molecular flexibility index (Phi) is 4.32. The average molecular weight is 194 g/mol. The van der Waals surface area contributed by atoms with Gasteiger partial charge < -0.3 is 5.32 Å². The molecule has 78 valence electrons. The summed E-state index contributed by atoms with van der Waals surface area (Å²) in [7, 11) is 0. The lowest BCUT2D eigenvalue weighted by Crippen LogP contribution is -2.22. The largest absolute Gasteiger partial charge is 0.307 e. The van der Waals surface area contributed by atoms with E-state index in [1.807, 2.05) is 0 Å². The number of nitrogens with zero attached hydrogens (tertiary/aromatic N) is 2. The normalized spacial score (nSPS) is 12.7. The number of rotatable bonds is 6. The fraction of sp³-hybridized carbons (Fsp3) is 0.600. The van der Waals surface area contributed by atoms with Crippen molar-refractivity contribution in [3.05, 3.63) is 24.3 Å². The van der Waals surface area contributed by atoms with Crippen LogP contribution in [0.4, 0.5) is 0 Å². The average Bonchev–Trinajstić information content (AvgIpc) is 2.69. The summed E-state index contributed by atoms with van der Waals surface area (Å²) in [6, 6.07) is 0.218. The van der Waals surface area contributed by atoms with Crippen molar-refractivity contribution < 1.29 is 0 Å². The third kappa shape index (κ3) is 2.96. The molecule has 1 atom stereocenters. The highest BCUT2D eigenvalue weighted by molar-refractivity contribution is 5.02. The van der Waals surface area contributed by atoms with Gasteiger partial charge in [-0.15, -0.1) is 0 Å². The maximum atomic E-state index is 4.15. The molecule has 1 aromatic heterocycles. The number of aromatic amines is 1. The van der Waals surface area contributed by atoms with Crippen LogP contribution in [0.5, 0.6) is 0 Å². The summed E-state index contributed by atoms with van der Waals surface area (Å²) >= 11 is 0. The third-order valence-corrected chi connectivity index (χ3v) is 2.21. The first-order chi connectivity index (χ1) is 6.77. The smallest absolute Gasteiger partial charge is 0.141 e. The molecule has 1 rings (SSSR count). The van der Waals surface area contributed by atoms with Gasteiger partial charge in [0.1, 0.15) is 12.2 Å². The number of H-pyrrole nitrogens is 1. The second kappa shape index (κ2) is 5.54. The zero-order chi connectivity index (χ0) is 10.4. The van der Waals surface area contributed by atoms with Gasteiger partial charge in [-0.3, -0.25) is 5.10 Å². The Balaban J connectivity index is 2.60. The molecule has 1 aromatic rings. The van der Waals surface area contributed by atoms with Gasteiger partial charge in [0, 0.05) is 0 Å². The van der Waals surface area contributed by atoms with E-state index in [0.29, 0.717) is 0 Å². The van der Waals surface area contributed by atoms with Crippen molar-refractivity contribution in [1.82, 2.24) is 20.5 Å². The summed E-state index contributed by atoms with van der Waals surface area (Å²) in [6.45, 7) is 9.12. The highest BCUT2D eigenvalue weighted by atomic mass is 15.2. The molecule has 14 heavy (non-hydrogen) atoms. The SMILES string of the molecule is C=C(CC)CC(NCC)c1ncn[nH]1. The second-order valence-corrected chi connectivity index (χ2v) is 3.29. The van der Waals surface area contributed by atoms with Crippen molar-refractivity contribution >= 4 is 0 Å². The molecular formula is C10H18N4. The van der Waals surface area contributed by atoms with E-state index < -0.39 is 0 Å². The first-order valence-electron chi connectivity index (χ1n) is 5.03. The van der Waals surface area contributed by atoms with Crippen molar-refractivity contribution in [2.24, 2.45) is 0 Å². The summed E-state index contributed by atoms with van der Waals surface area (Å²) in [6.07, 6.45) is 3.46. The van der Waals surface area contributed by atoms with Crippen LogP contribution in [0.1, 0.15) is 38.6 Å². The molecule has 0 fully saturated rings. The molecule has 0 bridgehead atoms. The second-order valence-electron chi connectivity index (χ2n) is 3.29. The molecule has 2 N–H and O–H groups in total. The summed E-state index contributed by atoms with van der Waals surface area (Å²) in [5.41, 5.74) is 1.23. The summed E-state index contributed by atoms with van der Waals surface area (Å²) in [5, 5.41) is 10.1. The zero-order valence-corrected chi connectivity index (χ0v) is 8.88. The fourth-order valence-electron chi connectivity index (χ4n) is 1.33. The molecule has 0 aliphatic heterocycles. The van der Waals surface area contributed by atoms with Gasteiger partial charge in [-0.05, 0) is 19.4 Å². The Hall–Kier alpha value is -1.16. The number of aromatic nitrogens is 3. The molecule has 0 saturated carbocycles. The van der Waals surface area contributed by atoms with E-state index in [1.54, 1.807) is 0 Å². The van der Waals surface area contributed by atoms with Crippen molar-refractivity contribution in [2.75, 3.05) is 6.54 Å². The standard InChI is InChI=1S/C10H18N4/c1-4-8(3)6-9(11-5-2)10-12-7-13-14-10/h7,9,11H,3-6H2,1-2H3,(H,12,13,14). The van der Waals surface area contributed by atoms with Crippen LogP contribution in [0.15, 0.2) is 18.5 Å². The van der Waals surface area contributed by atoms with E-state index in [2.05, 4.69) is 40.9 Å². The zero-order valence-electron chi connectivity index (χ0n) is 8.88. The van der Waals surface area contributed by atoms with E-state index in [0.717, 1.165) is 25.2 Å². The van der Waals surface area contributed by atoms with Crippen LogP contribution in [0.3, 0.4) is 0 Å².